The normalized spacial score (nSPS) is 11.3. The lowest BCUT2D eigenvalue weighted by molar-refractivity contribution is 1.08. The zero-order valence-corrected chi connectivity index (χ0v) is 22.8. The van der Waals surface area contributed by atoms with Crippen LogP contribution in [0.25, 0.3) is 77.6 Å². The van der Waals surface area contributed by atoms with Gasteiger partial charge < -0.3 is 0 Å². The van der Waals surface area contributed by atoms with Gasteiger partial charge in [-0.2, -0.15) is 0 Å². The maximum atomic E-state index is 5.02. The molecule has 7 aromatic carbocycles. The number of hydrogen-bond acceptors (Lipinski definition) is 3. The first kappa shape index (κ1) is 24.2. The van der Waals surface area contributed by atoms with Crippen molar-refractivity contribution in [1.29, 1.82) is 0 Å². The van der Waals surface area contributed by atoms with Gasteiger partial charge in [-0.1, -0.05) is 146 Å². The number of rotatable bonds is 4. The Kier molecular flexibility index (Phi) is 5.79. The lowest BCUT2D eigenvalue weighted by atomic mass is 9.90. The van der Waals surface area contributed by atoms with Crippen molar-refractivity contribution in [2.24, 2.45) is 0 Å². The molecule has 3 nitrogen and oxygen atoms in total. The maximum absolute atomic E-state index is 5.02. The highest BCUT2D eigenvalue weighted by atomic mass is 15.0. The van der Waals surface area contributed by atoms with Crippen LogP contribution in [0.4, 0.5) is 0 Å². The Morgan fingerprint density at radius 3 is 1.40 bits per heavy atom. The standard InChI is InChI=1S/C39H25N3/c1-3-13-26(14-4-1)37-40-38(27-15-5-2-6-16-27)42-39(41-37)35-24-12-21-31-32(35)22-11-23-34(31)36-25-28-17-7-8-18-29(28)30-19-9-10-20-33(30)36/h1-25H. The molecule has 42 heavy (non-hydrogen) atoms. The van der Waals surface area contributed by atoms with E-state index in [1.54, 1.807) is 0 Å². The summed E-state index contributed by atoms with van der Waals surface area (Å²) in [4.78, 5) is 14.9. The van der Waals surface area contributed by atoms with Gasteiger partial charge in [0.1, 0.15) is 0 Å². The molecule has 1 aromatic heterocycles. The predicted molar refractivity (Wildman–Crippen MR) is 174 cm³/mol. The summed E-state index contributed by atoms with van der Waals surface area (Å²) >= 11 is 0. The molecule has 0 aliphatic carbocycles. The molecule has 0 atom stereocenters. The minimum Gasteiger partial charge on any atom is -0.208 e. The molecule has 0 fully saturated rings. The van der Waals surface area contributed by atoms with Crippen LogP contribution in [0.2, 0.25) is 0 Å². The zero-order chi connectivity index (χ0) is 27.9. The van der Waals surface area contributed by atoms with E-state index in [0.717, 1.165) is 22.1 Å². The minimum absolute atomic E-state index is 0.660. The van der Waals surface area contributed by atoms with Gasteiger partial charge in [-0.3, -0.25) is 0 Å². The third-order valence-corrected chi connectivity index (χ3v) is 7.92. The van der Waals surface area contributed by atoms with Crippen molar-refractivity contribution in [1.82, 2.24) is 15.0 Å². The van der Waals surface area contributed by atoms with Crippen molar-refractivity contribution in [2.45, 2.75) is 0 Å². The summed E-state index contributed by atoms with van der Waals surface area (Å²) in [5.41, 5.74) is 5.31. The molecule has 8 aromatic rings. The highest BCUT2D eigenvalue weighted by molar-refractivity contribution is 6.16. The summed E-state index contributed by atoms with van der Waals surface area (Å²) in [7, 11) is 0. The van der Waals surface area contributed by atoms with E-state index >= 15 is 0 Å². The van der Waals surface area contributed by atoms with Crippen molar-refractivity contribution in [3.05, 3.63) is 152 Å². The fourth-order valence-corrected chi connectivity index (χ4v) is 5.95. The van der Waals surface area contributed by atoms with Crippen LogP contribution < -0.4 is 0 Å². The molecule has 0 N–H and O–H groups in total. The number of aromatic nitrogens is 3. The molecule has 1 heterocycles. The van der Waals surface area contributed by atoms with Gasteiger partial charge in [-0.15, -0.1) is 0 Å². The fourth-order valence-electron chi connectivity index (χ4n) is 5.95. The number of hydrogen-bond donors (Lipinski definition) is 0. The van der Waals surface area contributed by atoms with Crippen LogP contribution in [0.5, 0.6) is 0 Å². The summed E-state index contributed by atoms with van der Waals surface area (Å²) in [6, 6.07) is 52.8. The van der Waals surface area contributed by atoms with E-state index in [4.69, 9.17) is 15.0 Å². The summed E-state index contributed by atoms with van der Waals surface area (Å²) in [6.45, 7) is 0. The Bertz CT molecular complexity index is 2180. The van der Waals surface area contributed by atoms with Crippen molar-refractivity contribution < 1.29 is 0 Å². The van der Waals surface area contributed by atoms with Crippen LogP contribution >= 0.6 is 0 Å². The zero-order valence-electron chi connectivity index (χ0n) is 22.8. The van der Waals surface area contributed by atoms with E-state index in [0.29, 0.717) is 17.5 Å². The second-order valence-corrected chi connectivity index (χ2v) is 10.4. The van der Waals surface area contributed by atoms with Crippen LogP contribution in [0, 0.1) is 0 Å². The van der Waals surface area contributed by atoms with Crippen molar-refractivity contribution in [3.8, 4) is 45.3 Å². The minimum atomic E-state index is 0.660. The molecule has 0 spiro atoms. The van der Waals surface area contributed by atoms with Gasteiger partial charge in [-0.05, 0) is 49.5 Å². The van der Waals surface area contributed by atoms with Crippen molar-refractivity contribution in [3.63, 3.8) is 0 Å². The van der Waals surface area contributed by atoms with Crippen LogP contribution in [0.3, 0.4) is 0 Å². The predicted octanol–water partition coefficient (Wildman–Crippen LogP) is 10.00. The molecule has 0 aliphatic rings. The largest absolute Gasteiger partial charge is 0.208 e. The Labute approximate surface area is 243 Å². The molecule has 0 radical (unpaired) electrons. The molecule has 0 bridgehead atoms. The molecule has 0 saturated heterocycles. The fraction of sp³-hybridized carbons (Fsp3) is 0. The highest BCUT2D eigenvalue weighted by Crippen LogP contribution is 2.40. The smallest absolute Gasteiger partial charge is 0.164 e. The van der Waals surface area contributed by atoms with Gasteiger partial charge in [0.15, 0.2) is 17.5 Å². The van der Waals surface area contributed by atoms with Gasteiger partial charge in [0.25, 0.3) is 0 Å². The Morgan fingerprint density at radius 2 is 0.738 bits per heavy atom. The summed E-state index contributed by atoms with van der Waals surface area (Å²) in [5.74, 6) is 1.98. The second kappa shape index (κ2) is 10.1. The lowest BCUT2D eigenvalue weighted by Crippen LogP contribution is -2.00. The molecule has 0 aliphatic heterocycles. The molecule has 0 saturated carbocycles. The van der Waals surface area contributed by atoms with Gasteiger partial charge in [0.05, 0.1) is 0 Å². The number of fused-ring (bicyclic) bond motifs is 4. The molecular formula is C39H25N3. The number of nitrogens with zero attached hydrogens (tertiary/aromatic N) is 3. The van der Waals surface area contributed by atoms with E-state index in [9.17, 15) is 0 Å². The van der Waals surface area contributed by atoms with E-state index in [-0.39, 0.29) is 0 Å². The van der Waals surface area contributed by atoms with E-state index in [2.05, 4.69) is 91.0 Å². The van der Waals surface area contributed by atoms with Gasteiger partial charge in [0, 0.05) is 16.7 Å². The Hall–Kier alpha value is -5.67. The lowest BCUT2D eigenvalue weighted by Gasteiger charge is -2.15. The topological polar surface area (TPSA) is 38.7 Å². The second-order valence-electron chi connectivity index (χ2n) is 10.4. The van der Waals surface area contributed by atoms with Crippen LogP contribution in [0.15, 0.2) is 152 Å². The van der Waals surface area contributed by atoms with E-state index in [1.165, 1.54) is 38.1 Å². The van der Waals surface area contributed by atoms with Gasteiger partial charge in [-0.25, -0.2) is 15.0 Å². The van der Waals surface area contributed by atoms with Crippen molar-refractivity contribution in [2.75, 3.05) is 0 Å². The number of benzene rings is 7. The van der Waals surface area contributed by atoms with E-state index in [1.807, 2.05) is 60.7 Å². The summed E-state index contributed by atoms with van der Waals surface area (Å²) in [5, 5.41) is 7.28. The Morgan fingerprint density at radius 1 is 0.286 bits per heavy atom. The molecule has 8 rings (SSSR count). The van der Waals surface area contributed by atoms with Gasteiger partial charge in [0.2, 0.25) is 0 Å². The third-order valence-electron chi connectivity index (χ3n) is 7.92. The monoisotopic (exact) mass is 535 g/mol. The SMILES string of the molecule is c1ccc(-c2nc(-c3ccccc3)nc(-c3cccc4c(-c5cc6ccccc6c6ccccc56)cccc34)n2)cc1. The Balaban J connectivity index is 1.38. The highest BCUT2D eigenvalue weighted by Gasteiger charge is 2.16. The van der Waals surface area contributed by atoms with Crippen LogP contribution in [-0.2, 0) is 0 Å². The quantitative estimate of drug-likeness (QED) is 0.211. The van der Waals surface area contributed by atoms with Crippen molar-refractivity contribution >= 4 is 32.3 Å². The average molecular weight is 536 g/mol. The first-order valence-corrected chi connectivity index (χ1v) is 14.1. The molecule has 3 heteroatoms. The van der Waals surface area contributed by atoms with E-state index < -0.39 is 0 Å². The summed E-state index contributed by atoms with van der Waals surface area (Å²) in [6.07, 6.45) is 0. The van der Waals surface area contributed by atoms with Gasteiger partial charge >= 0.3 is 0 Å². The summed E-state index contributed by atoms with van der Waals surface area (Å²) < 4.78 is 0. The van der Waals surface area contributed by atoms with Crippen LogP contribution in [0.1, 0.15) is 0 Å². The average Bonchev–Trinajstić information content (AvgIpc) is 3.08. The molecule has 196 valence electrons. The van der Waals surface area contributed by atoms with Crippen LogP contribution in [-0.4, -0.2) is 15.0 Å². The first-order valence-electron chi connectivity index (χ1n) is 14.1. The maximum Gasteiger partial charge on any atom is 0.164 e. The first-order chi connectivity index (χ1) is 20.8. The molecule has 0 amide bonds. The molecular weight excluding hydrogens is 510 g/mol. The third kappa shape index (κ3) is 4.11. The molecule has 0 unspecified atom stereocenters.